The zero-order valence-corrected chi connectivity index (χ0v) is 12.7. The van der Waals surface area contributed by atoms with E-state index >= 15 is 0 Å². The quantitative estimate of drug-likeness (QED) is 0.890. The maximum atomic E-state index is 12.5. The number of aliphatic hydroxyl groups excluding tert-OH is 1. The zero-order chi connectivity index (χ0) is 14.7. The predicted octanol–water partition coefficient (Wildman–Crippen LogP) is 2.64. The number of hydrogen-bond acceptors (Lipinski definition) is 4. The van der Waals surface area contributed by atoms with Gasteiger partial charge in [0.15, 0.2) is 0 Å². The average Bonchev–Trinajstić information content (AvgIpc) is 2.75. The van der Waals surface area contributed by atoms with Gasteiger partial charge in [0.25, 0.3) is 5.91 Å². The number of nitrogens with zero attached hydrogens (tertiary/aromatic N) is 1. The van der Waals surface area contributed by atoms with Gasteiger partial charge in [-0.05, 0) is 25.5 Å². The van der Waals surface area contributed by atoms with Gasteiger partial charge >= 0.3 is 0 Å². The summed E-state index contributed by atoms with van der Waals surface area (Å²) >= 11 is 1.42. The average molecular weight is 292 g/mol. The molecule has 1 heterocycles. The fraction of sp³-hybridized carbons (Fsp3) is 0.400. The van der Waals surface area contributed by atoms with Gasteiger partial charge < -0.3 is 15.7 Å². The minimum Gasteiger partial charge on any atom is -0.397 e. The number of benzene rings is 1. The number of thiophene rings is 1. The van der Waals surface area contributed by atoms with Gasteiger partial charge in [-0.25, -0.2) is 0 Å². The van der Waals surface area contributed by atoms with Crippen molar-refractivity contribution in [3.05, 3.63) is 28.6 Å². The molecule has 0 unspecified atom stereocenters. The van der Waals surface area contributed by atoms with Crippen LogP contribution in [0.2, 0.25) is 0 Å². The Hall–Kier alpha value is -1.59. The highest BCUT2D eigenvalue weighted by Crippen LogP contribution is 2.35. The Morgan fingerprint density at radius 3 is 2.80 bits per heavy atom. The molecule has 0 aliphatic heterocycles. The molecule has 0 aliphatic rings. The first-order chi connectivity index (χ1) is 9.58. The minimum atomic E-state index is -0.0859. The molecule has 0 fully saturated rings. The normalized spacial score (nSPS) is 10.9. The maximum Gasteiger partial charge on any atom is 0.266 e. The van der Waals surface area contributed by atoms with Crippen molar-refractivity contribution in [2.45, 2.75) is 20.3 Å². The van der Waals surface area contributed by atoms with Crippen molar-refractivity contribution in [2.75, 3.05) is 25.4 Å². The molecule has 2 aromatic rings. The van der Waals surface area contributed by atoms with Gasteiger partial charge in [0.05, 0.1) is 12.3 Å². The van der Waals surface area contributed by atoms with Crippen LogP contribution in [0.1, 0.15) is 28.6 Å². The molecule has 0 aliphatic carbocycles. The second-order valence-electron chi connectivity index (χ2n) is 4.86. The van der Waals surface area contributed by atoms with E-state index in [0.717, 1.165) is 22.1 Å². The summed E-state index contributed by atoms with van der Waals surface area (Å²) in [5.41, 5.74) is 7.82. The lowest BCUT2D eigenvalue weighted by Gasteiger charge is -2.20. The number of nitrogens with two attached hydrogens (primary N) is 1. The summed E-state index contributed by atoms with van der Waals surface area (Å²) < 4.78 is 1.02. The highest BCUT2D eigenvalue weighted by atomic mass is 32.1. The van der Waals surface area contributed by atoms with Crippen LogP contribution in [0.25, 0.3) is 10.1 Å². The van der Waals surface area contributed by atoms with Crippen LogP contribution in [0.5, 0.6) is 0 Å². The van der Waals surface area contributed by atoms with Crippen LogP contribution in [0.15, 0.2) is 18.2 Å². The molecule has 4 nitrogen and oxygen atoms in total. The number of anilines is 1. The Balaban J connectivity index is 2.40. The van der Waals surface area contributed by atoms with Gasteiger partial charge in [0.1, 0.15) is 4.88 Å². The third-order valence-electron chi connectivity index (χ3n) is 3.23. The second kappa shape index (κ2) is 6.24. The van der Waals surface area contributed by atoms with Gasteiger partial charge in [0, 0.05) is 23.2 Å². The van der Waals surface area contributed by atoms with Crippen LogP contribution >= 0.6 is 11.3 Å². The second-order valence-corrected chi connectivity index (χ2v) is 5.91. The van der Waals surface area contributed by atoms with E-state index in [2.05, 4.69) is 0 Å². The van der Waals surface area contributed by atoms with E-state index in [1.165, 1.54) is 11.3 Å². The molecule has 1 aromatic heterocycles. The number of aliphatic hydroxyl groups is 1. The van der Waals surface area contributed by atoms with E-state index in [1.807, 2.05) is 32.0 Å². The number of amides is 1. The van der Waals surface area contributed by atoms with Crippen LogP contribution in [-0.2, 0) is 0 Å². The van der Waals surface area contributed by atoms with Gasteiger partial charge in [-0.3, -0.25) is 4.79 Å². The number of carbonyl (C=O) groups excluding carboxylic acids is 1. The van der Waals surface area contributed by atoms with Crippen LogP contribution in [0.4, 0.5) is 5.69 Å². The van der Waals surface area contributed by atoms with E-state index < -0.39 is 0 Å². The molecule has 1 aromatic carbocycles. The van der Waals surface area contributed by atoms with Crippen molar-refractivity contribution in [3.63, 3.8) is 0 Å². The van der Waals surface area contributed by atoms with Gasteiger partial charge in [-0.1, -0.05) is 18.6 Å². The lowest BCUT2D eigenvalue weighted by molar-refractivity contribution is 0.0728. The van der Waals surface area contributed by atoms with Crippen molar-refractivity contribution in [1.29, 1.82) is 0 Å². The molecule has 0 spiro atoms. The molecular formula is C15H20N2O2S. The van der Waals surface area contributed by atoms with E-state index in [9.17, 15) is 4.79 Å². The molecule has 0 saturated heterocycles. The topological polar surface area (TPSA) is 66.6 Å². The number of fused-ring (bicyclic) bond motifs is 1. The number of carbonyl (C=O) groups is 1. The first kappa shape index (κ1) is 14.8. The minimum absolute atomic E-state index is 0.0321. The van der Waals surface area contributed by atoms with Crippen molar-refractivity contribution < 1.29 is 9.90 Å². The smallest absolute Gasteiger partial charge is 0.266 e. The number of nitrogen functional groups attached to an aromatic ring is 1. The van der Waals surface area contributed by atoms with Crippen LogP contribution in [0, 0.1) is 6.92 Å². The number of rotatable bonds is 5. The monoisotopic (exact) mass is 292 g/mol. The first-order valence-electron chi connectivity index (χ1n) is 6.77. The molecule has 3 N–H and O–H groups in total. The molecule has 20 heavy (non-hydrogen) atoms. The summed E-state index contributed by atoms with van der Waals surface area (Å²) in [6.45, 7) is 4.96. The van der Waals surface area contributed by atoms with Crippen LogP contribution in [-0.4, -0.2) is 35.6 Å². The van der Waals surface area contributed by atoms with E-state index in [-0.39, 0.29) is 12.5 Å². The van der Waals surface area contributed by atoms with Gasteiger partial charge in [0.2, 0.25) is 0 Å². The Labute approximate surface area is 122 Å². The number of hydrogen-bond donors (Lipinski definition) is 2. The van der Waals surface area contributed by atoms with E-state index in [4.69, 9.17) is 10.8 Å². The third kappa shape index (κ3) is 2.78. The fourth-order valence-corrected chi connectivity index (χ4v) is 3.31. The summed E-state index contributed by atoms with van der Waals surface area (Å²) in [6, 6.07) is 6.02. The zero-order valence-electron chi connectivity index (χ0n) is 11.8. The summed E-state index contributed by atoms with van der Waals surface area (Å²) in [5.74, 6) is -0.0859. The Morgan fingerprint density at radius 1 is 1.40 bits per heavy atom. The van der Waals surface area contributed by atoms with Crippen molar-refractivity contribution in [2.24, 2.45) is 0 Å². The summed E-state index contributed by atoms with van der Waals surface area (Å²) in [4.78, 5) is 14.8. The predicted molar refractivity (Wildman–Crippen MR) is 84.3 cm³/mol. The molecule has 108 valence electrons. The van der Waals surface area contributed by atoms with E-state index in [0.29, 0.717) is 23.7 Å². The first-order valence-corrected chi connectivity index (χ1v) is 7.58. The third-order valence-corrected chi connectivity index (χ3v) is 4.40. The van der Waals surface area contributed by atoms with Gasteiger partial charge in [-0.15, -0.1) is 11.3 Å². The molecule has 0 saturated carbocycles. The molecule has 1 amide bonds. The SMILES string of the molecule is CCCN(CCO)C(=O)c1sc2ccc(C)cc2c1N. The Kier molecular flexibility index (Phi) is 4.62. The summed E-state index contributed by atoms with van der Waals surface area (Å²) in [7, 11) is 0. The van der Waals surface area contributed by atoms with Crippen molar-refractivity contribution >= 4 is 33.0 Å². The molecule has 5 heteroatoms. The number of aryl methyl sites for hydroxylation is 1. The lowest BCUT2D eigenvalue weighted by Crippen LogP contribution is -2.34. The molecular weight excluding hydrogens is 272 g/mol. The molecule has 0 radical (unpaired) electrons. The summed E-state index contributed by atoms with van der Waals surface area (Å²) in [6.07, 6.45) is 0.857. The molecule has 0 bridgehead atoms. The van der Waals surface area contributed by atoms with Crippen LogP contribution < -0.4 is 5.73 Å². The van der Waals surface area contributed by atoms with Crippen LogP contribution in [0.3, 0.4) is 0 Å². The fourth-order valence-electron chi connectivity index (χ4n) is 2.24. The standard InChI is InChI=1S/C15H20N2O2S/c1-3-6-17(7-8-18)15(19)14-13(16)11-9-10(2)4-5-12(11)20-14/h4-5,9,18H,3,6-8,16H2,1-2H3. The molecule has 2 rings (SSSR count). The maximum absolute atomic E-state index is 12.5. The van der Waals surface area contributed by atoms with Crippen molar-refractivity contribution in [3.8, 4) is 0 Å². The molecule has 0 atom stereocenters. The summed E-state index contributed by atoms with van der Waals surface area (Å²) in [5, 5.41) is 10.0. The van der Waals surface area contributed by atoms with Gasteiger partial charge in [-0.2, -0.15) is 0 Å². The van der Waals surface area contributed by atoms with Crippen molar-refractivity contribution in [1.82, 2.24) is 4.90 Å². The highest BCUT2D eigenvalue weighted by Gasteiger charge is 2.21. The highest BCUT2D eigenvalue weighted by molar-refractivity contribution is 7.21. The van der Waals surface area contributed by atoms with E-state index in [1.54, 1.807) is 4.90 Å². The largest absolute Gasteiger partial charge is 0.397 e. The lowest BCUT2D eigenvalue weighted by atomic mass is 10.1. The Bertz CT molecular complexity index is 616. The Morgan fingerprint density at radius 2 is 2.15 bits per heavy atom.